The van der Waals surface area contributed by atoms with E-state index in [1.54, 1.807) is 17.0 Å². The van der Waals surface area contributed by atoms with Gasteiger partial charge in [0.1, 0.15) is 0 Å². The molecule has 1 rings (SSSR count). The lowest BCUT2D eigenvalue weighted by Gasteiger charge is -2.21. The van der Waals surface area contributed by atoms with Crippen molar-refractivity contribution in [2.24, 2.45) is 0 Å². The van der Waals surface area contributed by atoms with Crippen LogP contribution in [0.1, 0.15) is 46.0 Å². The van der Waals surface area contributed by atoms with E-state index >= 15 is 0 Å². The zero-order chi connectivity index (χ0) is 18.5. The Bertz CT molecular complexity index is 546. The number of anilines is 1. The Labute approximate surface area is 150 Å². The molecule has 0 heterocycles. The van der Waals surface area contributed by atoms with Crippen molar-refractivity contribution >= 4 is 23.4 Å². The summed E-state index contributed by atoms with van der Waals surface area (Å²) in [4.78, 5) is 37.6. The van der Waals surface area contributed by atoms with Gasteiger partial charge in [-0.15, -0.1) is 0 Å². The minimum absolute atomic E-state index is 0.000753. The molecule has 2 N–H and O–H groups in total. The topological polar surface area (TPSA) is 78.5 Å². The molecule has 0 unspecified atom stereocenters. The lowest BCUT2D eigenvalue weighted by Crippen LogP contribution is -2.43. The van der Waals surface area contributed by atoms with Crippen molar-refractivity contribution in [3.05, 3.63) is 30.3 Å². The third kappa shape index (κ3) is 8.88. The van der Waals surface area contributed by atoms with E-state index in [0.29, 0.717) is 18.7 Å². The van der Waals surface area contributed by atoms with Gasteiger partial charge < -0.3 is 15.5 Å². The summed E-state index contributed by atoms with van der Waals surface area (Å²) in [7, 11) is 0. The highest BCUT2D eigenvalue weighted by Gasteiger charge is 2.16. The Hall–Kier alpha value is -2.37. The van der Waals surface area contributed by atoms with Crippen LogP contribution in [0.25, 0.3) is 0 Å². The maximum atomic E-state index is 12.2. The van der Waals surface area contributed by atoms with Crippen molar-refractivity contribution in [1.82, 2.24) is 10.2 Å². The molecule has 6 heteroatoms. The van der Waals surface area contributed by atoms with Crippen LogP contribution in [0.2, 0.25) is 0 Å². The summed E-state index contributed by atoms with van der Waals surface area (Å²) >= 11 is 0. The first-order valence-corrected chi connectivity index (χ1v) is 8.96. The van der Waals surface area contributed by atoms with Gasteiger partial charge >= 0.3 is 0 Å². The monoisotopic (exact) mass is 347 g/mol. The first-order chi connectivity index (χ1) is 12.1. The van der Waals surface area contributed by atoms with Crippen LogP contribution in [-0.2, 0) is 14.4 Å². The molecule has 0 aromatic heterocycles. The zero-order valence-corrected chi connectivity index (χ0v) is 15.2. The number of unbranched alkanes of at least 4 members (excludes halogenated alkanes) is 2. The smallest absolute Gasteiger partial charge is 0.243 e. The molecule has 1 aromatic carbocycles. The number of carbonyl (C=O) groups is 3. The van der Waals surface area contributed by atoms with Crippen molar-refractivity contribution in [3.63, 3.8) is 0 Å². The summed E-state index contributed by atoms with van der Waals surface area (Å²) < 4.78 is 0. The number of carbonyl (C=O) groups excluding carboxylic acids is 3. The maximum absolute atomic E-state index is 12.2. The highest BCUT2D eigenvalue weighted by Crippen LogP contribution is 2.05. The lowest BCUT2D eigenvalue weighted by atomic mass is 10.2. The Morgan fingerprint density at radius 3 is 2.32 bits per heavy atom. The van der Waals surface area contributed by atoms with Crippen molar-refractivity contribution in [3.8, 4) is 0 Å². The molecule has 0 saturated carbocycles. The van der Waals surface area contributed by atoms with Gasteiger partial charge in [-0.1, -0.05) is 44.9 Å². The highest BCUT2D eigenvalue weighted by molar-refractivity contribution is 5.95. The van der Waals surface area contributed by atoms with Crippen LogP contribution >= 0.6 is 0 Å². The third-order valence-corrected chi connectivity index (χ3v) is 3.68. The second-order valence-electron chi connectivity index (χ2n) is 5.96. The molecule has 0 spiro atoms. The number of rotatable bonds is 11. The molecule has 138 valence electrons. The number of benzene rings is 1. The van der Waals surface area contributed by atoms with E-state index in [1.165, 1.54) is 0 Å². The molecular formula is C19H29N3O3. The zero-order valence-electron chi connectivity index (χ0n) is 15.2. The Morgan fingerprint density at radius 2 is 1.68 bits per heavy atom. The lowest BCUT2D eigenvalue weighted by molar-refractivity contribution is -0.136. The minimum Gasteiger partial charge on any atom is -0.345 e. The van der Waals surface area contributed by atoms with Gasteiger partial charge in [0.25, 0.3) is 0 Å². The predicted octanol–water partition coefficient (Wildman–Crippen LogP) is 2.56. The molecule has 0 atom stereocenters. The average molecular weight is 347 g/mol. The standard InChI is InChI=1S/C19H29N3O3/c1-3-5-7-12-19(25)22(13-4-2)15-18(24)20-14-17(23)21-16-10-8-6-9-11-16/h6,8-11H,3-5,7,12-15H2,1-2H3,(H,20,24)(H,21,23). The first-order valence-electron chi connectivity index (χ1n) is 8.96. The Balaban J connectivity index is 2.38. The number of amides is 3. The highest BCUT2D eigenvalue weighted by atomic mass is 16.2. The minimum atomic E-state index is -0.319. The summed E-state index contributed by atoms with van der Waals surface area (Å²) in [5, 5.41) is 5.27. The van der Waals surface area contributed by atoms with E-state index in [9.17, 15) is 14.4 Å². The molecular weight excluding hydrogens is 318 g/mol. The quantitative estimate of drug-likeness (QED) is 0.604. The normalized spacial score (nSPS) is 10.2. The van der Waals surface area contributed by atoms with E-state index in [1.807, 2.05) is 25.1 Å². The third-order valence-electron chi connectivity index (χ3n) is 3.68. The molecule has 25 heavy (non-hydrogen) atoms. The largest absolute Gasteiger partial charge is 0.345 e. The van der Waals surface area contributed by atoms with Gasteiger partial charge in [0.15, 0.2) is 0 Å². The number of nitrogens with one attached hydrogen (secondary N) is 2. The number of hydrogen-bond acceptors (Lipinski definition) is 3. The van der Waals surface area contributed by atoms with Crippen LogP contribution in [0.4, 0.5) is 5.69 Å². The second kappa shape index (κ2) is 12.1. The van der Waals surface area contributed by atoms with Crippen LogP contribution in [-0.4, -0.2) is 42.3 Å². The Kier molecular flexibility index (Phi) is 9.97. The van der Waals surface area contributed by atoms with Gasteiger partial charge in [0, 0.05) is 18.7 Å². The fourth-order valence-electron chi connectivity index (χ4n) is 2.38. The summed E-state index contributed by atoms with van der Waals surface area (Å²) in [6, 6.07) is 9.05. The van der Waals surface area contributed by atoms with Crippen LogP contribution < -0.4 is 10.6 Å². The number of nitrogens with zero attached hydrogens (tertiary/aromatic N) is 1. The molecule has 0 aliphatic heterocycles. The number of para-hydroxylation sites is 1. The molecule has 0 aliphatic carbocycles. The van der Waals surface area contributed by atoms with E-state index in [4.69, 9.17) is 0 Å². The van der Waals surface area contributed by atoms with Crippen LogP contribution in [0.3, 0.4) is 0 Å². The summed E-state index contributed by atoms with van der Waals surface area (Å²) in [6.45, 7) is 4.49. The maximum Gasteiger partial charge on any atom is 0.243 e. The van der Waals surface area contributed by atoms with Crippen molar-refractivity contribution in [2.75, 3.05) is 25.0 Å². The molecule has 0 bridgehead atoms. The average Bonchev–Trinajstić information content (AvgIpc) is 2.60. The predicted molar refractivity (Wildman–Crippen MR) is 99.1 cm³/mol. The summed E-state index contributed by atoms with van der Waals surface area (Å²) in [6.07, 6.45) is 4.17. The molecule has 0 aliphatic rings. The Morgan fingerprint density at radius 1 is 0.960 bits per heavy atom. The van der Waals surface area contributed by atoms with Crippen LogP contribution in [0, 0.1) is 0 Å². The molecule has 1 aromatic rings. The van der Waals surface area contributed by atoms with Gasteiger partial charge in [0.05, 0.1) is 13.1 Å². The molecule has 6 nitrogen and oxygen atoms in total. The van der Waals surface area contributed by atoms with Gasteiger partial charge in [-0.3, -0.25) is 14.4 Å². The van der Waals surface area contributed by atoms with Gasteiger partial charge in [0.2, 0.25) is 17.7 Å². The van der Waals surface area contributed by atoms with Crippen molar-refractivity contribution < 1.29 is 14.4 Å². The van der Waals surface area contributed by atoms with E-state index < -0.39 is 0 Å². The molecule has 0 radical (unpaired) electrons. The number of hydrogen-bond donors (Lipinski definition) is 2. The fraction of sp³-hybridized carbons (Fsp3) is 0.526. The van der Waals surface area contributed by atoms with Crippen molar-refractivity contribution in [1.29, 1.82) is 0 Å². The van der Waals surface area contributed by atoms with E-state index in [2.05, 4.69) is 17.6 Å². The van der Waals surface area contributed by atoms with Crippen LogP contribution in [0.5, 0.6) is 0 Å². The van der Waals surface area contributed by atoms with E-state index in [0.717, 1.165) is 25.7 Å². The molecule has 0 saturated heterocycles. The van der Waals surface area contributed by atoms with E-state index in [-0.39, 0.29) is 30.8 Å². The van der Waals surface area contributed by atoms with Gasteiger partial charge in [-0.2, -0.15) is 0 Å². The first kappa shape index (κ1) is 20.7. The van der Waals surface area contributed by atoms with Gasteiger partial charge in [-0.05, 0) is 25.0 Å². The van der Waals surface area contributed by atoms with Crippen molar-refractivity contribution in [2.45, 2.75) is 46.0 Å². The second-order valence-corrected chi connectivity index (χ2v) is 5.96. The molecule has 0 fully saturated rings. The van der Waals surface area contributed by atoms with Crippen LogP contribution in [0.15, 0.2) is 30.3 Å². The summed E-state index contributed by atoms with van der Waals surface area (Å²) in [5.41, 5.74) is 0.681. The SMILES string of the molecule is CCCCCC(=O)N(CCC)CC(=O)NCC(=O)Nc1ccccc1. The molecule has 3 amide bonds. The van der Waals surface area contributed by atoms with Gasteiger partial charge in [-0.25, -0.2) is 0 Å². The summed E-state index contributed by atoms with van der Waals surface area (Å²) in [5.74, 6) is -0.615. The fourth-order valence-corrected chi connectivity index (χ4v) is 2.38.